The maximum absolute atomic E-state index is 10.8. The number of hydrogen-bond acceptors (Lipinski definition) is 4. The van der Waals surface area contributed by atoms with Gasteiger partial charge in [0.25, 0.3) is 5.69 Å². The van der Waals surface area contributed by atoms with E-state index in [9.17, 15) is 10.1 Å². The predicted molar refractivity (Wildman–Crippen MR) is 88.7 cm³/mol. The highest BCUT2D eigenvalue weighted by atomic mass is 79.9. The second-order valence-electron chi connectivity index (χ2n) is 5.65. The molecule has 0 amide bonds. The van der Waals surface area contributed by atoms with E-state index in [1.165, 1.54) is 19.4 Å². The number of benzene rings is 1. The molecule has 0 spiro atoms. The van der Waals surface area contributed by atoms with Crippen LogP contribution in [0.25, 0.3) is 0 Å². The van der Waals surface area contributed by atoms with E-state index in [2.05, 4.69) is 40.0 Å². The topological polar surface area (TPSA) is 58.4 Å². The first-order valence-electron chi connectivity index (χ1n) is 7.44. The fraction of sp³-hybridized carbons (Fsp3) is 0.600. The number of likely N-dealkylation sites (tertiary alicyclic amines) is 1. The van der Waals surface area contributed by atoms with E-state index >= 15 is 0 Å². The van der Waals surface area contributed by atoms with Crippen molar-refractivity contribution < 1.29 is 4.92 Å². The number of nitrogens with one attached hydrogen (secondary N) is 1. The summed E-state index contributed by atoms with van der Waals surface area (Å²) in [6, 6.07) is 5.21. The predicted octanol–water partition coefficient (Wildman–Crippen LogP) is 3.89. The number of piperidine rings is 1. The van der Waals surface area contributed by atoms with Gasteiger partial charge in [-0.05, 0) is 60.8 Å². The number of rotatable bonds is 5. The quantitative estimate of drug-likeness (QED) is 0.642. The summed E-state index contributed by atoms with van der Waals surface area (Å²) >= 11 is 3.42. The van der Waals surface area contributed by atoms with Crippen molar-refractivity contribution in [2.45, 2.75) is 32.7 Å². The first kappa shape index (κ1) is 16.2. The van der Waals surface area contributed by atoms with Gasteiger partial charge < -0.3 is 10.2 Å². The Morgan fingerprint density at radius 1 is 1.57 bits per heavy atom. The van der Waals surface area contributed by atoms with E-state index < -0.39 is 0 Å². The molecule has 1 aromatic carbocycles. The van der Waals surface area contributed by atoms with E-state index in [4.69, 9.17) is 0 Å². The van der Waals surface area contributed by atoms with Gasteiger partial charge in [0.15, 0.2) is 0 Å². The Kier molecular flexibility index (Phi) is 5.58. The molecular weight excluding hydrogens is 334 g/mol. The van der Waals surface area contributed by atoms with E-state index in [-0.39, 0.29) is 10.6 Å². The lowest BCUT2D eigenvalue weighted by Gasteiger charge is -2.35. The number of nitrogens with zero attached hydrogens (tertiary/aromatic N) is 2. The molecule has 1 fully saturated rings. The number of hydrogen-bond donors (Lipinski definition) is 1. The molecule has 0 saturated carbocycles. The molecule has 1 aromatic rings. The van der Waals surface area contributed by atoms with Crippen molar-refractivity contribution >= 4 is 27.3 Å². The second-order valence-corrected chi connectivity index (χ2v) is 6.50. The average molecular weight is 356 g/mol. The van der Waals surface area contributed by atoms with Crippen molar-refractivity contribution in [3.63, 3.8) is 0 Å². The molecule has 21 heavy (non-hydrogen) atoms. The van der Waals surface area contributed by atoms with Gasteiger partial charge in [0.1, 0.15) is 0 Å². The van der Waals surface area contributed by atoms with Crippen molar-refractivity contribution in [2.75, 3.05) is 25.0 Å². The largest absolute Gasteiger partial charge is 0.381 e. The first-order valence-corrected chi connectivity index (χ1v) is 8.23. The van der Waals surface area contributed by atoms with Crippen LogP contribution in [0.3, 0.4) is 0 Å². The molecule has 2 rings (SSSR count). The molecule has 116 valence electrons. The van der Waals surface area contributed by atoms with Crippen LogP contribution in [0.5, 0.6) is 0 Å². The van der Waals surface area contributed by atoms with Gasteiger partial charge in [0, 0.05) is 34.9 Å². The van der Waals surface area contributed by atoms with Gasteiger partial charge in [-0.15, -0.1) is 0 Å². The van der Waals surface area contributed by atoms with E-state index in [0.717, 1.165) is 23.2 Å². The van der Waals surface area contributed by atoms with Crippen LogP contribution in [0.2, 0.25) is 0 Å². The van der Waals surface area contributed by atoms with Gasteiger partial charge in [-0.1, -0.05) is 6.92 Å². The Bertz CT molecular complexity index is 510. The Morgan fingerprint density at radius 2 is 2.33 bits per heavy atom. The zero-order chi connectivity index (χ0) is 15.4. The minimum atomic E-state index is -0.377. The fourth-order valence-electron chi connectivity index (χ4n) is 2.88. The Balaban J connectivity index is 2.02. The molecule has 1 aliphatic rings. The summed E-state index contributed by atoms with van der Waals surface area (Å²) in [5.41, 5.74) is 1.02. The van der Waals surface area contributed by atoms with Gasteiger partial charge >= 0.3 is 0 Å². The monoisotopic (exact) mass is 355 g/mol. The molecule has 5 nitrogen and oxygen atoms in total. The molecule has 1 saturated heterocycles. The Morgan fingerprint density at radius 3 is 2.95 bits per heavy atom. The molecule has 0 bridgehead atoms. The van der Waals surface area contributed by atoms with Gasteiger partial charge in [0.05, 0.1) is 4.92 Å². The third-order valence-electron chi connectivity index (χ3n) is 4.24. The maximum Gasteiger partial charge on any atom is 0.270 e. The van der Waals surface area contributed by atoms with Crippen molar-refractivity contribution in [1.29, 1.82) is 0 Å². The van der Waals surface area contributed by atoms with Gasteiger partial charge in [-0.3, -0.25) is 10.1 Å². The van der Waals surface area contributed by atoms with Crippen molar-refractivity contribution in [3.8, 4) is 0 Å². The van der Waals surface area contributed by atoms with Gasteiger partial charge in [-0.25, -0.2) is 0 Å². The summed E-state index contributed by atoms with van der Waals surface area (Å²) in [7, 11) is 0. The molecule has 2 unspecified atom stereocenters. The Labute approximate surface area is 134 Å². The smallest absolute Gasteiger partial charge is 0.270 e. The summed E-state index contributed by atoms with van der Waals surface area (Å²) in [6.45, 7) is 7.81. The molecule has 0 aliphatic carbocycles. The molecule has 1 N–H and O–H groups in total. The molecule has 1 heterocycles. The summed E-state index contributed by atoms with van der Waals surface area (Å²) in [5.74, 6) is 0.612. The van der Waals surface area contributed by atoms with Gasteiger partial charge in [-0.2, -0.15) is 0 Å². The fourth-order valence-corrected chi connectivity index (χ4v) is 3.37. The summed E-state index contributed by atoms with van der Waals surface area (Å²) in [6.07, 6.45) is 2.47. The van der Waals surface area contributed by atoms with E-state index in [1.807, 2.05) is 0 Å². The SMILES string of the molecule is CCN1CCCC(C(C)Nc2ccc([N+](=O)[O-])cc2Br)C1. The standard InChI is InChI=1S/C15H22BrN3O2/c1-3-18-8-4-5-12(10-18)11(2)17-15-7-6-13(19(20)21)9-14(15)16/h6-7,9,11-12,17H,3-5,8,10H2,1-2H3. The summed E-state index contributed by atoms with van der Waals surface area (Å²) in [4.78, 5) is 12.9. The average Bonchev–Trinajstić information content (AvgIpc) is 2.49. The minimum absolute atomic E-state index is 0.106. The molecule has 0 radical (unpaired) electrons. The molecule has 2 atom stereocenters. The third kappa shape index (κ3) is 4.17. The van der Waals surface area contributed by atoms with Crippen LogP contribution < -0.4 is 5.32 Å². The lowest BCUT2D eigenvalue weighted by molar-refractivity contribution is -0.384. The summed E-state index contributed by atoms with van der Waals surface area (Å²) in [5, 5.41) is 14.3. The van der Waals surface area contributed by atoms with Crippen LogP contribution in [0.4, 0.5) is 11.4 Å². The highest BCUT2D eigenvalue weighted by molar-refractivity contribution is 9.10. The Hall–Kier alpha value is -1.14. The highest BCUT2D eigenvalue weighted by Gasteiger charge is 2.24. The second kappa shape index (κ2) is 7.22. The zero-order valence-electron chi connectivity index (χ0n) is 12.5. The van der Waals surface area contributed by atoms with Crippen LogP contribution in [0.1, 0.15) is 26.7 Å². The zero-order valence-corrected chi connectivity index (χ0v) is 14.1. The summed E-state index contributed by atoms with van der Waals surface area (Å²) < 4.78 is 0.742. The number of halogens is 1. The van der Waals surface area contributed by atoms with Crippen molar-refractivity contribution in [2.24, 2.45) is 5.92 Å². The number of nitro groups is 1. The highest BCUT2D eigenvalue weighted by Crippen LogP contribution is 2.29. The lowest BCUT2D eigenvalue weighted by atomic mass is 9.91. The number of non-ortho nitro benzene ring substituents is 1. The number of anilines is 1. The molecule has 6 heteroatoms. The first-order chi connectivity index (χ1) is 10.0. The normalized spacial score (nSPS) is 21.0. The number of nitro benzene ring substituents is 1. The maximum atomic E-state index is 10.8. The molecule has 0 aromatic heterocycles. The lowest BCUT2D eigenvalue weighted by Crippen LogP contribution is -2.41. The van der Waals surface area contributed by atoms with Crippen molar-refractivity contribution in [1.82, 2.24) is 4.90 Å². The van der Waals surface area contributed by atoms with E-state index in [0.29, 0.717) is 12.0 Å². The van der Waals surface area contributed by atoms with Crippen LogP contribution in [0, 0.1) is 16.0 Å². The van der Waals surface area contributed by atoms with Crippen LogP contribution >= 0.6 is 15.9 Å². The third-order valence-corrected chi connectivity index (χ3v) is 4.90. The van der Waals surface area contributed by atoms with Crippen LogP contribution in [0.15, 0.2) is 22.7 Å². The minimum Gasteiger partial charge on any atom is -0.381 e. The molecule has 1 aliphatic heterocycles. The van der Waals surface area contributed by atoms with E-state index in [1.54, 1.807) is 18.2 Å². The van der Waals surface area contributed by atoms with Gasteiger partial charge in [0.2, 0.25) is 0 Å². The van der Waals surface area contributed by atoms with Crippen LogP contribution in [-0.2, 0) is 0 Å². The molecular formula is C15H22BrN3O2. The van der Waals surface area contributed by atoms with Crippen molar-refractivity contribution in [3.05, 3.63) is 32.8 Å². The van der Waals surface area contributed by atoms with Crippen LogP contribution in [-0.4, -0.2) is 35.5 Å².